The molecule has 2 rings (SSSR count). The van der Waals surface area contributed by atoms with Crippen molar-refractivity contribution in [3.63, 3.8) is 0 Å². The molecule has 2 unspecified atom stereocenters. The topological polar surface area (TPSA) is 85.3 Å². The lowest BCUT2D eigenvalue weighted by Gasteiger charge is -2.31. The Labute approximate surface area is 350 Å². The zero-order chi connectivity index (χ0) is 40.9. The molecule has 1 saturated heterocycles. The van der Waals surface area contributed by atoms with Crippen LogP contribution in [-0.4, -0.2) is 67.7 Å². The van der Waals surface area contributed by atoms with Gasteiger partial charge in [-0.05, 0) is 128 Å². The Morgan fingerprint density at radius 1 is 0.596 bits per heavy atom. The molecule has 1 aliphatic heterocycles. The van der Waals surface area contributed by atoms with E-state index in [1.165, 1.54) is 96.4 Å². The molecule has 7 nitrogen and oxygen atoms in total. The first-order valence-electron chi connectivity index (χ1n) is 24.0. The van der Waals surface area contributed by atoms with E-state index >= 15 is 0 Å². The smallest absolute Gasteiger partial charge is 0.309 e. The van der Waals surface area contributed by atoms with Crippen molar-refractivity contribution in [3.8, 4) is 0 Å². The van der Waals surface area contributed by atoms with Crippen molar-refractivity contribution in [2.75, 3.05) is 39.5 Å². The van der Waals surface area contributed by atoms with Gasteiger partial charge >= 0.3 is 11.9 Å². The average molecular weight is 798 g/mol. The molecule has 0 amide bonds. The number of hydrogen-bond donors (Lipinski definition) is 1. The molecule has 1 N–H and O–H groups in total. The third kappa shape index (κ3) is 31.4. The number of carbonyl (C=O) groups excluding carboxylic acids is 2. The summed E-state index contributed by atoms with van der Waals surface area (Å²) >= 11 is 0. The summed E-state index contributed by atoms with van der Waals surface area (Å²) in [5.74, 6) is 0.0971. The molecule has 0 aromatic rings. The summed E-state index contributed by atoms with van der Waals surface area (Å²) in [6.45, 7) is 8.00. The van der Waals surface area contributed by atoms with E-state index in [2.05, 4.69) is 67.4 Å². The zero-order valence-electron chi connectivity index (χ0n) is 36.9. The number of allylic oxidation sites excluding steroid dienone is 8. The predicted molar refractivity (Wildman–Crippen MR) is 238 cm³/mol. The number of nitrogens with zero attached hydrogens (tertiary/aromatic N) is 1. The van der Waals surface area contributed by atoms with Gasteiger partial charge in [0.2, 0.25) is 0 Å². The van der Waals surface area contributed by atoms with Crippen molar-refractivity contribution < 1.29 is 28.9 Å². The van der Waals surface area contributed by atoms with E-state index in [-0.39, 0.29) is 43.6 Å². The number of hydrogen-bond acceptors (Lipinski definition) is 7. The Bertz CT molecular complexity index is 1070. The molecule has 2 atom stereocenters. The van der Waals surface area contributed by atoms with Gasteiger partial charge < -0.3 is 24.2 Å². The van der Waals surface area contributed by atoms with Gasteiger partial charge in [0.25, 0.3) is 0 Å². The maximum atomic E-state index is 13.0. The molecule has 328 valence electrons. The lowest BCUT2D eigenvalue weighted by atomic mass is 9.97. The Kier molecular flexibility index (Phi) is 32.9. The van der Waals surface area contributed by atoms with Gasteiger partial charge in [-0.3, -0.25) is 9.59 Å². The molecule has 0 spiro atoms. The number of piperidine rings is 1. The van der Waals surface area contributed by atoms with Gasteiger partial charge in [-0.15, -0.1) is 0 Å². The lowest BCUT2D eigenvalue weighted by molar-refractivity contribution is -0.159. The summed E-state index contributed by atoms with van der Waals surface area (Å²) in [5.41, 5.74) is 0. The third-order valence-electron chi connectivity index (χ3n) is 11.3. The van der Waals surface area contributed by atoms with Crippen molar-refractivity contribution in [1.82, 2.24) is 4.90 Å². The summed E-state index contributed by atoms with van der Waals surface area (Å²) in [4.78, 5) is 28.1. The van der Waals surface area contributed by atoms with E-state index in [1.807, 2.05) is 0 Å². The number of esters is 2. The Balaban J connectivity index is 1.60. The predicted octanol–water partition coefficient (Wildman–Crippen LogP) is 12.8. The highest BCUT2D eigenvalue weighted by Gasteiger charge is 2.30. The van der Waals surface area contributed by atoms with Crippen LogP contribution >= 0.6 is 0 Å². The van der Waals surface area contributed by atoms with Crippen LogP contribution in [0.25, 0.3) is 0 Å². The minimum absolute atomic E-state index is 0.0771. The molecular weight excluding hydrogens is 711 g/mol. The van der Waals surface area contributed by atoms with Gasteiger partial charge in [-0.25, -0.2) is 0 Å². The molecule has 1 heterocycles. The number of aliphatic hydroxyl groups is 1. The molecule has 57 heavy (non-hydrogen) atoms. The van der Waals surface area contributed by atoms with Crippen molar-refractivity contribution >= 4 is 11.9 Å². The fourth-order valence-electron chi connectivity index (χ4n) is 7.30. The van der Waals surface area contributed by atoms with Gasteiger partial charge in [0.15, 0.2) is 6.29 Å². The SMILES string of the molecule is CCCCC/C=C\C/C=C\CCCCCCCC(=O)OCC(COC(=O)C1CCN(CC2CC2)CC1)COC(O)CCCCCCC/C=C\C/C=C\CCCCC. The molecule has 2 fully saturated rings. The van der Waals surface area contributed by atoms with Crippen molar-refractivity contribution in [3.05, 3.63) is 48.6 Å². The Hall–Kier alpha value is -2.22. The highest BCUT2D eigenvalue weighted by molar-refractivity contribution is 5.72. The third-order valence-corrected chi connectivity index (χ3v) is 11.3. The van der Waals surface area contributed by atoms with E-state index < -0.39 is 6.29 Å². The minimum atomic E-state index is -0.875. The van der Waals surface area contributed by atoms with Crippen LogP contribution in [0.5, 0.6) is 0 Å². The Morgan fingerprint density at radius 2 is 1.09 bits per heavy atom. The maximum Gasteiger partial charge on any atom is 0.309 e. The molecule has 2 aliphatic rings. The lowest BCUT2D eigenvalue weighted by Crippen LogP contribution is -2.38. The van der Waals surface area contributed by atoms with Crippen LogP contribution in [0, 0.1) is 17.8 Å². The van der Waals surface area contributed by atoms with Gasteiger partial charge in [-0.1, -0.05) is 127 Å². The zero-order valence-corrected chi connectivity index (χ0v) is 36.9. The van der Waals surface area contributed by atoms with Crippen LogP contribution in [0.1, 0.15) is 194 Å². The van der Waals surface area contributed by atoms with Gasteiger partial charge in [0.05, 0.1) is 31.7 Å². The fraction of sp³-hybridized carbons (Fsp3) is 0.800. The maximum absolute atomic E-state index is 13.0. The number of carbonyl (C=O) groups is 2. The number of unbranched alkanes of at least 4 members (excludes halogenated alkanes) is 16. The molecule has 0 radical (unpaired) electrons. The molecule has 1 saturated carbocycles. The van der Waals surface area contributed by atoms with Gasteiger partial charge in [0.1, 0.15) is 0 Å². The average Bonchev–Trinajstić information content (AvgIpc) is 4.04. The summed E-state index contributed by atoms with van der Waals surface area (Å²) in [5, 5.41) is 10.6. The van der Waals surface area contributed by atoms with Crippen LogP contribution in [-0.2, 0) is 23.8 Å². The number of aliphatic hydroxyl groups excluding tert-OH is 1. The van der Waals surface area contributed by atoms with E-state index in [9.17, 15) is 14.7 Å². The molecule has 0 aromatic heterocycles. The second-order valence-electron chi connectivity index (χ2n) is 17.0. The van der Waals surface area contributed by atoms with Crippen LogP contribution in [0.3, 0.4) is 0 Å². The second-order valence-corrected chi connectivity index (χ2v) is 17.0. The summed E-state index contributed by atoms with van der Waals surface area (Å²) in [6.07, 6.45) is 48.1. The van der Waals surface area contributed by atoms with E-state index in [1.54, 1.807) is 0 Å². The quantitative estimate of drug-likeness (QED) is 0.0288. The second kappa shape index (κ2) is 36.8. The number of ether oxygens (including phenoxy) is 3. The highest BCUT2D eigenvalue weighted by atomic mass is 16.6. The van der Waals surface area contributed by atoms with Crippen molar-refractivity contribution in [2.45, 2.75) is 200 Å². The van der Waals surface area contributed by atoms with E-state index in [4.69, 9.17) is 14.2 Å². The standard InChI is InChI=1S/C50H87NO6/c1-3-5-7-9-11-13-15-17-19-21-23-25-27-29-31-33-48(52)55-42-46(44-57-50(54)47-37-39-51(40-38-47)41-45-35-36-45)43-56-49(53)34-32-30-28-26-24-22-20-18-16-14-12-10-8-6-4-2/h11-14,17-20,45-48,52H,3-10,15-16,21-44H2,1-2H3/b13-11-,14-12-,19-17-,20-18-. The van der Waals surface area contributed by atoms with E-state index in [0.717, 1.165) is 96.1 Å². The van der Waals surface area contributed by atoms with E-state index in [0.29, 0.717) is 12.8 Å². The van der Waals surface area contributed by atoms with Crippen LogP contribution in [0.4, 0.5) is 0 Å². The van der Waals surface area contributed by atoms with Crippen molar-refractivity contribution in [2.24, 2.45) is 17.8 Å². The molecular formula is C50H87NO6. The van der Waals surface area contributed by atoms with Gasteiger partial charge in [-0.2, -0.15) is 0 Å². The van der Waals surface area contributed by atoms with Crippen LogP contribution < -0.4 is 0 Å². The number of likely N-dealkylation sites (tertiary alicyclic amines) is 1. The minimum Gasteiger partial charge on any atom is -0.465 e. The molecule has 1 aliphatic carbocycles. The van der Waals surface area contributed by atoms with Crippen molar-refractivity contribution in [1.29, 1.82) is 0 Å². The first-order chi connectivity index (χ1) is 28.0. The summed E-state index contributed by atoms with van der Waals surface area (Å²) < 4.78 is 17.3. The molecule has 7 heteroatoms. The Morgan fingerprint density at radius 3 is 1.63 bits per heavy atom. The highest BCUT2D eigenvalue weighted by Crippen LogP contribution is 2.31. The van der Waals surface area contributed by atoms with Crippen LogP contribution in [0.2, 0.25) is 0 Å². The first-order valence-corrected chi connectivity index (χ1v) is 24.0. The van der Waals surface area contributed by atoms with Gasteiger partial charge in [0, 0.05) is 13.0 Å². The van der Waals surface area contributed by atoms with Crippen LogP contribution in [0.15, 0.2) is 48.6 Å². The normalized spacial score (nSPS) is 16.8. The monoisotopic (exact) mass is 798 g/mol. The largest absolute Gasteiger partial charge is 0.465 e. The molecule has 0 bridgehead atoms. The first kappa shape index (κ1) is 50.9. The fourth-order valence-corrected chi connectivity index (χ4v) is 7.30. The summed E-state index contributed by atoms with van der Waals surface area (Å²) in [6, 6.07) is 0. The number of rotatable bonds is 38. The summed E-state index contributed by atoms with van der Waals surface area (Å²) in [7, 11) is 0. The molecule has 0 aromatic carbocycles.